The molecule has 0 radical (unpaired) electrons. The third-order valence-corrected chi connectivity index (χ3v) is 5.08. The van der Waals surface area contributed by atoms with Crippen molar-refractivity contribution < 1.29 is 0 Å². The van der Waals surface area contributed by atoms with Crippen LogP contribution in [0, 0.1) is 6.92 Å². The van der Waals surface area contributed by atoms with Crippen LogP contribution < -0.4 is 5.32 Å². The van der Waals surface area contributed by atoms with Gasteiger partial charge in [0, 0.05) is 34.4 Å². The Labute approximate surface area is 122 Å². The predicted molar refractivity (Wildman–Crippen MR) is 84.8 cm³/mol. The van der Waals surface area contributed by atoms with E-state index in [1.165, 1.54) is 34.6 Å². The maximum absolute atomic E-state index is 3.57. The van der Waals surface area contributed by atoms with Gasteiger partial charge in [0.15, 0.2) is 0 Å². The molecule has 0 spiro atoms. The van der Waals surface area contributed by atoms with Crippen LogP contribution >= 0.6 is 11.3 Å². The Hall–Kier alpha value is -0.380. The lowest BCUT2D eigenvalue weighted by Crippen LogP contribution is -2.36. The van der Waals surface area contributed by atoms with Crippen LogP contribution in [0.15, 0.2) is 6.07 Å². The van der Waals surface area contributed by atoms with E-state index in [9.17, 15) is 0 Å². The minimum absolute atomic E-state index is 0.195. The second-order valence-corrected chi connectivity index (χ2v) is 8.24. The zero-order valence-corrected chi connectivity index (χ0v) is 13.9. The average Bonchev–Trinajstić information content (AvgIpc) is 2.53. The molecule has 3 heteroatoms. The fraction of sp³-hybridized carbons (Fsp3) is 0.750. The minimum Gasteiger partial charge on any atom is -0.307 e. The number of hydrogen-bond acceptors (Lipinski definition) is 3. The second-order valence-electron chi connectivity index (χ2n) is 6.90. The van der Waals surface area contributed by atoms with Crippen LogP contribution in [-0.4, -0.2) is 23.5 Å². The summed E-state index contributed by atoms with van der Waals surface area (Å²) in [6.07, 6.45) is 4.19. The molecule has 0 saturated heterocycles. The number of aryl methyl sites for hydroxylation is 1. The molecule has 1 saturated carbocycles. The number of nitrogens with zero attached hydrogens (tertiary/aromatic N) is 1. The molecule has 2 rings (SSSR count). The number of thiophene rings is 1. The summed E-state index contributed by atoms with van der Waals surface area (Å²) in [6, 6.07) is 3.23. The van der Waals surface area contributed by atoms with Gasteiger partial charge in [0.2, 0.25) is 0 Å². The lowest BCUT2D eigenvalue weighted by molar-refractivity contribution is 0.152. The molecule has 2 nitrogen and oxygen atoms in total. The molecular weight excluding hydrogens is 252 g/mol. The summed E-state index contributed by atoms with van der Waals surface area (Å²) in [5, 5.41) is 3.57. The van der Waals surface area contributed by atoms with E-state index in [-0.39, 0.29) is 5.54 Å². The molecule has 1 aliphatic rings. The molecule has 0 aliphatic heterocycles. The van der Waals surface area contributed by atoms with Gasteiger partial charge in [0.1, 0.15) is 0 Å². The van der Waals surface area contributed by atoms with Gasteiger partial charge in [0.05, 0.1) is 0 Å². The molecule has 0 unspecified atom stereocenters. The van der Waals surface area contributed by atoms with E-state index >= 15 is 0 Å². The molecular formula is C16H28N2S. The highest BCUT2D eigenvalue weighted by Crippen LogP contribution is 2.28. The van der Waals surface area contributed by atoms with E-state index in [0.29, 0.717) is 0 Å². The van der Waals surface area contributed by atoms with Crippen LogP contribution in [-0.2, 0) is 13.1 Å². The van der Waals surface area contributed by atoms with Crippen molar-refractivity contribution in [1.29, 1.82) is 0 Å². The topological polar surface area (TPSA) is 15.3 Å². The summed E-state index contributed by atoms with van der Waals surface area (Å²) < 4.78 is 0. The Morgan fingerprint density at radius 1 is 1.37 bits per heavy atom. The van der Waals surface area contributed by atoms with Crippen molar-refractivity contribution >= 4 is 11.3 Å². The number of hydrogen-bond donors (Lipinski definition) is 1. The summed E-state index contributed by atoms with van der Waals surface area (Å²) >= 11 is 1.95. The van der Waals surface area contributed by atoms with E-state index in [1.54, 1.807) is 0 Å². The maximum atomic E-state index is 3.57. The molecule has 19 heavy (non-hydrogen) atoms. The van der Waals surface area contributed by atoms with Gasteiger partial charge < -0.3 is 5.32 Å². The first kappa shape index (κ1) is 15.0. The average molecular weight is 280 g/mol. The largest absolute Gasteiger partial charge is 0.307 e. The lowest BCUT2D eigenvalue weighted by atomic mass is 9.91. The minimum atomic E-state index is 0.195. The Kier molecular flexibility index (Phi) is 4.70. The van der Waals surface area contributed by atoms with Crippen LogP contribution in [0.5, 0.6) is 0 Å². The van der Waals surface area contributed by atoms with Gasteiger partial charge in [-0.25, -0.2) is 0 Å². The first-order valence-electron chi connectivity index (χ1n) is 7.38. The lowest BCUT2D eigenvalue weighted by Gasteiger charge is -2.34. The summed E-state index contributed by atoms with van der Waals surface area (Å²) in [4.78, 5) is 5.47. The highest BCUT2D eigenvalue weighted by molar-refractivity contribution is 7.12. The van der Waals surface area contributed by atoms with Crippen LogP contribution in [0.3, 0.4) is 0 Å². The smallest absolute Gasteiger partial charge is 0.0304 e. The zero-order valence-electron chi connectivity index (χ0n) is 13.0. The van der Waals surface area contributed by atoms with Crippen molar-refractivity contribution in [3.63, 3.8) is 0 Å². The Morgan fingerprint density at radius 2 is 2.05 bits per heavy atom. The van der Waals surface area contributed by atoms with Crippen molar-refractivity contribution in [1.82, 2.24) is 10.2 Å². The third kappa shape index (κ3) is 4.30. The molecule has 1 aromatic heterocycles. The SMILES string of the molecule is Cc1sc(CNC(C)(C)C)cc1CN(C)C1CCC1. The Morgan fingerprint density at radius 3 is 2.58 bits per heavy atom. The highest BCUT2D eigenvalue weighted by Gasteiger charge is 2.22. The molecule has 1 aliphatic carbocycles. The summed E-state index contributed by atoms with van der Waals surface area (Å²) in [6.45, 7) is 11.0. The summed E-state index contributed by atoms with van der Waals surface area (Å²) in [5.41, 5.74) is 1.71. The van der Waals surface area contributed by atoms with E-state index in [0.717, 1.165) is 19.1 Å². The first-order valence-corrected chi connectivity index (χ1v) is 8.20. The second kappa shape index (κ2) is 5.94. The van der Waals surface area contributed by atoms with Crippen LogP contribution in [0.2, 0.25) is 0 Å². The van der Waals surface area contributed by atoms with Gasteiger partial charge in [-0.1, -0.05) is 6.42 Å². The standard InChI is InChI=1S/C16H28N2S/c1-12-13(11-18(5)14-7-6-8-14)9-15(19-12)10-17-16(2,3)4/h9,14,17H,6-8,10-11H2,1-5H3. The van der Waals surface area contributed by atoms with E-state index < -0.39 is 0 Å². The Balaban J connectivity index is 1.92. The predicted octanol–water partition coefficient (Wildman–Crippen LogP) is 3.93. The van der Waals surface area contributed by atoms with Gasteiger partial charge in [-0.15, -0.1) is 11.3 Å². The quantitative estimate of drug-likeness (QED) is 0.879. The summed E-state index contributed by atoms with van der Waals surface area (Å²) in [5.74, 6) is 0. The Bertz CT molecular complexity index is 413. The van der Waals surface area contributed by atoms with Gasteiger partial charge in [-0.2, -0.15) is 0 Å². The van der Waals surface area contributed by atoms with Crippen LogP contribution in [0.4, 0.5) is 0 Å². The fourth-order valence-electron chi connectivity index (χ4n) is 2.41. The third-order valence-electron chi connectivity index (χ3n) is 3.98. The van der Waals surface area contributed by atoms with Gasteiger partial charge in [0.25, 0.3) is 0 Å². The molecule has 0 atom stereocenters. The first-order chi connectivity index (χ1) is 8.85. The van der Waals surface area contributed by atoms with E-state index in [1.807, 2.05) is 11.3 Å². The van der Waals surface area contributed by atoms with Crippen molar-refractivity contribution in [2.45, 2.75) is 71.6 Å². The van der Waals surface area contributed by atoms with E-state index in [2.05, 4.69) is 51.0 Å². The molecule has 1 heterocycles. The molecule has 1 N–H and O–H groups in total. The van der Waals surface area contributed by atoms with Gasteiger partial charge >= 0.3 is 0 Å². The molecule has 0 amide bonds. The summed E-state index contributed by atoms with van der Waals surface area (Å²) in [7, 11) is 2.27. The zero-order chi connectivity index (χ0) is 14.0. The van der Waals surface area contributed by atoms with Gasteiger partial charge in [-0.3, -0.25) is 4.90 Å². The highest BCUT2D eigenvalue weighted by atomic mass is 32.1. The monoisotopic (exact) mass is 280 g/mol. The van der Waals surface area contributed by atoms with Crippen molar-refractivity contribution in [3.05, 3.63) is 21.4 Å². The maximum Gasteiger partial charge on any atom is 0.0304 e. The van der Waals surface area contributed by atoms with Crippen molar-refractivity contribution in [2.75, 3.05) is 7.05 Å². The molecule has 1 aromatic rings. The van der Waals surface area contributed by atoms with Gasteiger partial charge in [-0.05, 0) is 59.2 Å². The number of rotatable bonds is 5. The fourth-order valence-corrected chi connectivity index (χ4v) is 3.40. The van der Waals surface area contributed by atoms with Crippen LogP contribution in [0.25, 0.3) is 0 Å². The van der Waals surface area contributed by atoms with Crippen molar-refractivity contribution in [3.8, 4) is 0 Å². The van der Waals surface area contributed by atoms with Crippen LogP contribution in [0.1, 0.15) is 55.4 Å². The molecule has 108 valence electrons. The number of nitrogens with one attached hydrogen (secondary N) is 1. The normalized spacial score (nSPS) is 16.9. The van der Waals surface area contributed by atoms with E-state index in [4.69, 9.17) is 0 Å². The molecule has 1 fully saturated rings. The molecule has 0 bridgehead atoms. The molecule has 0 aromatic carbocycles. The van der Waals surface area contributed by atoms with Crippen molar-refractivity contribution in [2.24, 2.45) is 0 Å².